The highest BCUT2D eigenvalue weighted by Crippen LogP contribution is 2.29. The topological polar surface area (TPSA) is 128 Å². The van der Waals surface area contributed by atoms with Crippen LogP contribution in [0, 0.1) is 11.3 Å². The molecule has 11 heteroatoms. The first-order valence-electron chi connectivity index (χ1n) is 12.1. The van der Waals surface area contributed by atoms with Crippen molar-refractivity contribution in [1.82, 2.24) is 14.9 Å². The summed E-state index contributed by atoms with van der Waals surface area (Å²) in [5, 5.41) is 14.9. The molecule has 1 aliphatic heterocycles. The molecule has 4 aromatic rings. The van der Waals surface area contributed by atoms with Crippen molar-refractivity contribution >= 4 is 52.4 Å². The molecule has 1 unspecified atom stereocenters. The van der Waals surface area contributed by atoms with Gasteiger partial charge in [-0.05, 0) is 60.2 Å². The van der Waals surface area contributed by atoms with Crippen molar-refractivity contribution < 1.29 is 14.4 Å². The normalized spacial score (nSPS) is 14.5. The van der Waals surface area contributed by atoms with Gasteiger partial charge in [0.1, 0.15) is 17.9 Å². The molecule has 0 aliphatic carbocycles. The van der Waals surface area contributed by atoms with Crippen LogP contribution in [0.1, 0.15) is 37.5 Å². The summed E-state index contributed by atoms with van der Waals surface area (Å²) in [6.45, 7) is 0.0462. The highest BCUT2D eigenvalue weighted by atomic mass is 35.5. The summed E-state index contributed by atoms with van der Waals surface area (Å²) in [5.74, 6) is -0.966. The quantitative estimate of drug-likeness (QED) is 0.331. The summed E-state index contributed by atoms with van der Waals surface area (Å²) in [6, 6.07) is 19.0. The molecule has 0 bridgehead atoms. The molecule has 198 valence electrons. The average molecular weight is 571 g/mol. The number of nitriles is 1. The Morgan fingerprint density at radius 2 is 1.90 bits per heavy atom. The van der Waals surface area contributed by atoms with E-state index in [1.54, 1.807) is 54.7 Å². The number of anilines is 2. The number of pyridine rings is 2. The molecule has 3 amide bonds. The molecule has 9 nitrogen and oxygen atoms in total. The fraction of sp³-hybridized carbons (Fsp3) is 0.103. The highest BCUT2D eigenvalue weighted by Gasteiger charge is 2.36. The van der Waals surface area contributed by atoms with E-state index >= 15 is 0 Å². The zero-order chi connectivity index (χ0) is 28.2. The predicted octanol–water partition coefficient (Wildman–Crippen LogP) is 5.11. The standard InChI is InChI=1S/C29H20Cl2N6O3/c30-19-6-8-22-24(12-19)35-28(39)25(13-20-3-1-2-10-33-20)37(29(22)40)16-17-4-7-21(23(31)11-17)27(38)36-26-9-5-18(14-32)15-34-26/h1-12,15,25H,13,16H2,(H,35,39)(H,34,36,38). The van der Waals surface area contributed by atoms with E-state index in [1.165, 1.54) is 23.2 Å². The maximum absolute atomic E-state index is 13.8. The van der Waals surface area contributed by atoms with Crippen molar-refractivity contribution in [1.29, 1.82) is 5.26 Å². The summed E-state index contributed by atoms with van der Waals surface area (Å²) in [4.78, 5) is 49.8. The number of nitrogens with one attached hydrogen (secondary N) is 2. The van der Waals surface area contributed by atoms with E-state index in [0.717, 1.165) is 0 Å². The number of benzene rings is 2. The molecule has 0 saturated carbocycles. The molecule has 3 heterocycles. The largest absolute Gasteiger partial charge is 0.323 e. The van der Waals surface area contributed by atoms with Crippen molar-refractivity contribution in [3.63, 3.8) is 0 Å². The van der Waals surface area contributed by atoms with Crippen LogP contribution in [0.2, 0.25) is 10.0 Å². The van der Waals surface area contributed by atoms with E-state index in [4.69, 9.17) is 28.5 Å². The van der Waals surface area contributed by atoms with Gasteiger partial charge < -0.3 is 15.5 Å². The fourth-order valence-corrected chi connectivity index (χ4v) is 4.78. The van der Waals surface area contributed by atoms with Crippen LogP contribution in [0.25, 0.3) is 0 Å². The van der Waals surface area contributed by atoms with E-state index in [2.05, 4.69) is 20.6 Å². The predicted molar refractivity (Wildman–Crippen MR) is 150 cm³/mol. The van der Waals surface area contributed by atoms with Crippen LogP contribution in [0.5, 0.6) is 0 Å². The average Bonchev–Trinajstić information content (AvgIpc) is 3.03. The van der Waals surface area contributed by atoms with Crippen molar-refractivity contribution in [2.75, 3.05) is 10.6 Å². The van der Waals surface area contributed by atoms with E-state index in [9.17, 15) is 14.4 Å². The maximum atomic E-state index is 13.8. The summed E-state index contributed by atoms with van der Waals surface area (Å²) in [7, 11) is 0. The second-order valence-electron chi connectivity index (χ2n) is 8.97. The number of hydrogen-bond acceptors (Lipinski definition) is 6. The van der Waals surface area contributed by atoms with Crippen molar-refractivity contribution in [3.8, 4) is 6.07 Å². The fourth-order valence-electron chi connectivity index (χ4n) is 4.32. The lowest BCUT2D eigenvalue weighted by molar-refractivity contribution is -0.120. The van der Waals surface area contributed by atoms with Gasteiger partial charge in [0.15, 0.2) is 0 Å². The summed E-state index contributed by atoms with van der Waals surface area (Å²) >= 11 is 12.6. The van der Waals surface area contributed by atoms with Gasteiger partial charge in [0.2, 0.25) is 5.91 Å². The van der Waals surface area contributed by atoms with E-state index in [1.807, 2.05) is 12.1 Å². The molecule has 0 saturated heterocycles. The van der Waals surface area contributed by atoms with Crippen LogP contribution >= 0.6 is 23.2 Å². The molecular weight excluding hydrogens is 551 g/mol. The molecule has 0 fully saturated rings. The molecule has 0 radical (unpaired) electrons. The van der Waals surface area contributed by atoms with Crippen LogP contribution in [0.15, 0.2) is 79.1 Å². The monoisotopic (exact) mass is 570 g/mol. The molecular formula is C29H20Cl2N6O3. The molecule has 2 N–H and O–H groups in total. The Morgan fingerprint density at radius 1 is 1.05 bits per heavy atom. The van der Waals surface area contributed by atoms with Crippen molar-refractivity contribution in [3.05, 3.63) is 117 Å². The minimum absolute atomic E-state index is 0.0462. The second kappa shape index (κ2) is 11.5. The van der Waals surface area contributed by atoms with E-state index in [-0.39, 0.29) is 41.2 Å². The Balaban J connectivity index is 1.43. The van der Waals surface area contributed by atoms with Crippen LogP contribution in [0.3, 0.4) is 0 Å². The third-order valence-electron chi connectivity index (χ3n) is 6.30. The summed E-state index contributed by atoms with van der Waals surface area (Å²) in [6.07, 6.45) is 3.16. The van der Waals surface area contributed by atoms with Crippen LogP contribution in [-0.4, -0.2) is 38.6 Å². The van der Waals surface area contributed by atoms with Crippen LogP contribution in [0.4, 0.5) is 11.5 Å². The van der Waals surface area contributed by atoms with E-state index < -0.39 is 11.9 Å². The van der Waals surface area contributed by atoms with Gasteiger partial charge in [0, 0.05) is 36.1 Å². The second-order valence-corrected chi connectivity index (χ2v) is 9.81. The van der Waals surface area contributed by atoms with Gasteiger partial charge in [-0.1, -0.05) is 35.3 Å². The van der Waals surface area contributed by atoms with Gasteiger partial charge in [-0.15, -0.1) is 0 Å². The van der Waals surface area contributed by atoms with Crippen molar-refractivity contribution in [2.24, 2.45) is 0 Å². The van der Waals surface area contributed by atoms with Gasteiger partial charge in [-0.25, -0.2) is 4.98 Å². The first kappa shape index (κ1) is 26.8. The minimum Gasteiger partial charge on any atom is -0.323 e. The molecule has 5 rings (SSSR count). The molecule has 1 aliphatic rings. The number of carbonyl (C=O) groups is 3. The highest BCUT2D eigenvalue weighted by molar-refractivity contribution is 6.34. The number of rotatable bonds is 6. The Labute approximate surface area is 239 Å². The summed E-state index contributed by atoms with van der Waals surface area (Å²) < 4.78 is 0. The molecule has 1 atom stereocenters. The first-order chi connectivity index (χ1) is 19.3. The van der Waals surface area contributed by atoms with Gasteiger partial charge in [-0.3, -0.25) is 19.4 Å². The number of halogens is 2. The van der Waals surface area contributed by atoms with Gasteiger partial charge in [-0.2, -0.15) is 5.26 Å². The van der Waals surface area contributed by atoms with Gasteiger partial charge in [0.05, 0.1) is 27.4 Å². The smallest absolute Gasteiger partial charge is 0.258 e. The third kappa shape index (κ3) is 5.78. The van der Waals surface area contributed by atoms with Crippen molar-refractivity contribution in [2.45, 2.75) is 19.0 Å². The first-order valence-corrected chi connectivity index (χ1v) is 12.8. The number of amides is 3. The Kier molecular flexibility index (Phi) is 7.73. The zero-order valence-corrected chi connectivity index (χ0v) is 22.3. The molecule has 0 spiro atoms. The number of carbonyl (C=O) groups excluding carboxylic acids is 3. The Morgan fingerprint density at radius 3 is 2.60 bits per heavy atom. The SMILES string of the molecule is N#Cc1ccc(NC(=O)c2ccc(CN3C(=O)c4ccc(Cl)cc4NC(=O)C3Cc3ccccn3)cc2Cl)nc1. The minimum atomic E-state index is -0.877. The lowest BCUT2D eigenvalue weighted by Gasteiger charge is -2.29. The third-order valence-corrected chi connectivity index (χ3v) is 6.85. The molecule has 40 heavy (non-hydrogen) atoms. The summed E-state index contributed by atoms with van der Waals surface area (Å²) in [5.41, 5.74) is 2.45. The van der Waals surface area contributed by atoms with Gasteiger partial charge in [0.25, 0.3) is 11.8 Å². The Bertz CT molecular complexity index is 1660. The van der Waals surface area contributed by atoms with Gasteiger partial charge >= 0.3 is 0 Å². The Hall–Kier alpha value is -4.78. The number of aromatic nitrogens is 2. The zero-order valence-electron chi connectivity index (χ0n) is 20.8. The molecule has 2 aromatic heterocycles. The number of nitrogens with zero attached hydrogens (tertiary/aromatic N) is 4. The molecule has 2 aromatic carbocycles. The lowest BCUT2D eigenvalue weighted by Crippen LogP contribution is -2.46. The number of hydrogen-bond donors (Lipinski definition) is 2. The van der Waals surface area contributed by atoms with Crippen LogP contribution in [-0.2, 0) is 17.8 Å². The maximum Gasteiger partial charge on any atom is 0.258 e. The van der Waals surface area contributed by atoms with Crippen LogP contribution < -0.4 is 10.6 Å². The lowest BCUT2D eigenvalue weighted by atomic mass is 10.0. The number of fused-ring (bicyclic) bond motifs is 1. The van der Waals surface area contributed by atoms with E-state index in [0.29, 0.717) is 33.1 Å².